The number of carbonyl (C=O) groups excluding carboxylic acids is 1. The van der Waals surface area contributed by atoms with E-state index in [1.165, 1.54) is 56.1 Å². The van der Waals surface area contributed by atoms with Crippen molar-refractivity contribution in [3.8, 4) is 18.6 Å². The van der Waals surface area contributed by atoms with Crippen molar-refractivity contribution in [1.29, 1.82) is 0 Å². The molecule has 2 aromatic carbocycles. The summed E-state index contributed by atoms with van der Waals surface area (Å²) in [5, 5.41) is 4.47. The van der Waals surface area contributed by atoms with Gasteiger partial charge in [-0.05, 0) is 30.9 Å². The number of likely N-dealkylation sites (tertiary alicyclic amines) is 1. The molecule has 0 bridgehead atoms. The zero-order chi connectivity index (χ0) is 27.4. The predicted octanol–water partition coefficient (Wildman–Crippen LogP) is 3.95. The first kappa shape index (κ1) is 31.4. The molecule has 0 aromatic heterocycles. The molecule has 1 amide bonds. The second-order valence-corrected chi connectivity index (χ2v) is 10.3. The maximum absolute atomic E-state index is 13.1. The topological polar surface area (TPSA) is 62.8 Å². The van der Waals surface area contributed by atoms with Gasteiger partial charge in [0.05, 0.1) is 44.6 Å². The number of hydrogen-bond donors (Lipinski definition) is 2. The third-order valence-electron chi connectivity index (χ3n) is 7.68. The van der Waals surface area contributed by atoms with Crippen LogP contribution in [-0.2, 0) is 11.3 Å². The van der Waals surface area contributed by atoms with E-state index in [4.69, 9.17) is 4.74 Å². The lowest BCUT2D eigenvalue weighted by Crippen LogP contribution is -2.81. The maximum Gasteiger partial charge on any atom is 0.232 e. The van der Waals surface area contributed by atoms with Crippen LogP contribution in [0.1, 0.15) is 74.8 Å². The Morgan fingerprint density at radius 3 is 1.89 bits per heavy atom. The molecule has 5 rings (SSSR count). The maximum atomic E-state index is 13.1. The van der Waals surface area contributed by atoms with E-state index in [-0.39, 0.29) is 5.92 Å². The van der Waals surface area contributed by atoms with Crippen LogP contribution in [0.5, 0.6) is 5.75 Å². The summed E-state index contributed by atoms with van der Waals surface area (Å²) >= 11 is 0. The second-order valence-electron chi connectivity index (χ2n) is 10.3. The van der Waals surface area contributed by atoms with Crippen LogP contribution in [0.2, 0.25) is 0 Å². The van der Waals surface area contributed by atoms with Crippen LogP contribution in [0.15, 0.2) is 54.6 Å². The molecule has 4 N–H and O–H groups in total. The van der Waals surface area contributed by atoms with Crippen molar-refractivity contribution >= 4 is 5.91 Å². The van der Waals surface area contributed by atoms with Crippen molar-refractivity contribution in [2.45, 2.75) is 70.3 Å². The number of terminal acetylenes is 1. The first-order valence-corrected chi connectivity index (χ1v) is 14.6. The van der Waals surface area contributed by atoms with Gasteiger partial charge in [-0.25, -0.2) is 0 Å². The number of hydrogen-bond acceptors (Lipinski definition) is 2. The Bertz CT molecular complexity index is 867. The molecule has 208 valence electrons. The van der Waals surface area contributed by atoms with E-state index in [0.717, 1.165) is 51.3 Å². The summed E-state index contributed by atoms with van der Waals surface area (Å²) in [6, 6.07) is 18.3. The van der Waals surface area contributed by atoms with Crippen LogP contribution in [0.25, 0.3) is 0 Å². The van der Waals surface area contributed by atoms with Crippen molar-refractivity contribution in [2.75, 3.05) is 40.3 Å². The first-order valence-electron chi connectivity index (χ1n) is 14.6. The zero-order valence-electron chi connectivity index (χ0n) is 23.8. The minimum Gasteiger partial charge on any atom is -0.496 e. The molecule has 0 radical (unpaired) electrons. The molecule has 3 fully saturated rings. The average Bonchev–Trinajstić information content (AvgIpc) is 3.51. The Morgan fingerprint density at radius 1 is 0.868 bits per heavy atom. The summed E-state index contributed by atoms with van der Waals surface area (Å²) < 4.78 is 5.58. The fourth-order valence-electron chi connectivity index (χ4n) is 5.74. The standard InChI is InChI=1S/C19H29N3O2.C6H12.C6H6.C2H2/c1-20-11-16-14(7-6-8-18(16)24-2)15-12-21-13-17(15)19(23)22-9-4-3-5-10-22;2*1-2-4-6-5-3-1;1-2/h6-8,15,17,20-21H,3-5,9-13H2,1-2H3;1-6H2;1-6H;1-2H/p+2/t15-,17?;;;/m0.../s1. The minimum atomic E-state index is 0.103. The largest absolute Gasteiger partial charge is 0.496 e. The zero-order valence-corrected chi connectivity index (χ0v) is 23.8. The Morgan fingerprint density at radius 2 is 1.39 bits per heavy atom. The van der Waals surface area contributed by atoms with Gasteiger partial charge >= 0.3 is 0 Å². The molecular formula is C33H51N3O2+2. The van der Waals surface area contributed by atoms with E-state index in [2.05, 4.69) is 47.6 Å². The van der Waals surface area contributed by atoms with E-state index in [0.29, 0.717) is 11.8 Å². The van der Waals surface area contributed by atoms with Gasteiger partial charge in [0, 0.05) is 13.1 Å². The number of methoxy groups -OCH3 is 1. The highest BCUT2D eigenvalue weighted by Crippen LogP contribution is 2.34. The molecule has 2 saturated heterocycles. The van der Waals surface area contributed by atoms with E-state index in [9.17, 15) is 4.79 Å². The SMILES string of the molecule is C#C.C1CCCCC1.C[NH2+]Cc1c(OC)cccc1[C@@H]1C[NH2+]CC1C(=O)N1CCCCC1.c1ccccc1. The highest BCUT2D eigenvalue weighted by atomic mass is 16.5. The van der Waals surface area contributed by atoms with Crippen molar-refractivity contribution < 1.29 is 20.2 Å². The van der Waals surface area contributed by atoms with Crippen LogP contribution in [0, 0.1) is 18.8 Å². The average molecular weight is 522 g/mol. The van der Waals surface area contributed by atoms with Crippen molar-refractivity contribution in [3.63, 3.8) is 0 Å². The van der Waals surface area contributed by atoms with Gasteiger partial charge in [0.2, 0.25) is 5.91 Å². The van der Waals surface area contributed by atoms with Crippen molar-refractivity contribution in [3.05, 3.63) is 65.7 Å². The highest BCUT2D eigenvalue weighted by molar-refractivity contribution is 5.80. The normalized spacial score (nSPS) is 20.4. The van der Waals surface area contributed by atoms with Crippen molar-refractivity contribution in [1.82, 2.24) is 4.90 Å². The fraction of sp³-hybridized carbons (Fsp3) is 0.545. The Hall–Kier alpha value is -2.81. The van der Waals surface area contributed by atoms with Crippen LogP contribution >= 0.6 is 0 Å². The number of nitrogens with two attached hydrogens (primary N) is 2. The molecule has 5 nitrogen and oxygen atoms in total. The van der Waals surface area contributed by atoms with Gasteiger partial charge in [-0.2, -0.15) is 0 Å². The summed E-state index contributed by atoms with van der Waals surface area (Å²) in [4.78, 5) is 15.2. The number of benzene rings is 2. The second kappa shape index (κ2) is 19.3. The monoisotopic (exact) mass is 521 g/mol. The van der Waals surface area contributed by atoms with Gasteiger partial charge < -0.3 is 20.3 Å². The Kier molecular flexibility index (Phi) is 15.9. The number of quaternary nitrogens is 2. The van der Waals surface area contributed by atoms with Gasteiger partial charge in [-0.1, -0.05) is 87.1 Å². The smallest absolute Gasteiger partial charge is 0.232 e. The molecule has 2 aliphatic heterocycles. The van der Waals surface area contributed by atoms with Gasteiger partial charge in [-0.3, -0.25) is 4.79 Å². The fourth-order valence-corrected chi connectivity index (χ4v) is 5.74. The molecular weight excluding hydrogens is 470 g/mol. The molecule has 38 heavy (non-hydrogen) atoms. The summed E-state index contributed by atoms with van der Waals surface area (Å²) in [7, 11) is 3.81. The summed E-state index contributed by atoms with van der Waals surface area (Å²) in [5.74, 6) is 1.71. The lowest BCUT2D eigenvalue weighted by molar-refractivity contribution is -0.643. The molecule has 1 saturated carbocycles. The number of rotatable bonds is 5. The third-order valence-corrected chi connectivity index (χ3v) is 7.68. The number of ether oxygens (including phenoxy) is 1. The quantitative estimate of drug-likeness (QED) is 0.585. The summed E-state index contributed by atoms with van der Waals surface area (Å²) in [6.07, 6.45) is 20.6. The number of piperidine rings is 1. The van der Waals surface area contributed by atoms with E-state index >= 15 is 0 Å². The van der Waals surface area contributed by atoms with Crippen LogP contribution in [-0.4, -0.2) is 51.1 Å². The van der Waals surface area contributed by atoms with Crippen molar-refractivity contribution in [2.24, 2.45) is 5.92 Å². The molecule has 3 aliphatic rings. The van der Waals surface area contributed by atoms with E-state index < -0.39 is 0 Å². The lowest BCUT2D eigenvalue weighted by atomic mass is 9.84. The molecule has 0 spiro atoms. The van der Waals surface area contributed by atoms with Crippen LogP contribution < -0.4 is 15.4 Å². The Balaban J connectivity index is 0.000000294. The molecule has 5 heteroatoms. The third kappa shape index (κ3) is 10.2. The predicted molar refractivity (Wildman–Crippen MR) is 157 cm³/mol. The molecule has 1 unspecified atom stereocenters. The Labute approximate surface area is 231 Å². The van der Waals surface area contributed by atoms with Crippen LogP contribution in [0.3, 0.4) is 0 Å². The molecule has 2 heterocycles. The minimum absolute atomic E-state index is 0.103. The van der Waals surface area contributed by atoms with Crippen LogP contribution in [0.4, 0.5) is 0 Å². The lowest BCUT2D eigenvalue weighted by Gasteiger charge is -2.30. The van der Waals surface area contributed by atoms with E-state index in [1.54, 1.807) is 7.11 Å². The number of carbonyl (C=O) groups is 1. The molecule has 2 aromatic rings. The van der Waals surface area contributed by atoms with Gasteiger partial charge in [0.1, 0.15) is 12.3 Å². The highest BCUT2D eigenvalue weighted by Gasteiger charge is 2.41. The number of nitrogens with zero attached hydrogens (tertiary/aromatic N) is 1. The summed E-state index contributed by atoms with van der Waals surface area (Å²) in [6.45, 7) is 4.67. The summed E-state index contributed by atoms with van der Waals surface area (Å²) in [5.41, 5.74) is 2.55. The number of amides is 1. The first-order chi connectivity index (χ1) is 18.8. The van der Waals surface area contributed by atoms with Gasteiger partial charge in [0.15, 0.2) is 0 Å². The molecule has 2 atom stereocenters. The molecule has 1 aliphatic carbocycles. The van der Waals surface area contributed by atoms with Gasteiger partial charge in [-0.15, -0.1) is 12.8 Å². The van der Waals surface area contributed by atoms with Gasteiger partial charge in [0.25, 0.3) is 0 Å². The van der Waals surface area contributed by atoms with E-state index in [1.807, 2.05) is 42.5 Å².